The van der Waals surface area contributed by atoms with E-state index in [1.165, 1.54) is 0 Å². The first kappa shape index (κ1) is 15.8. The number of amides is 2. The minimum atomic E-state index is -0.902. The van der Waals surface area contributed by atoms with Crippen molar-refractivity contribution in [2.24, 2.45) is 5.41 Å². The largest absolute Gasteiger partial charge is 0.481 e. The van der Waals surface area contributed by atoms with Crippen molar-refractivity contribution in [3.8, 4) is 0 Å². The fourth-order valence-electron chi connectivity index (χ4n) is 2.15. The number of carbonyl (C=O) groups is 2. The van der Waals surface area contributed by atoms with E-state index in [4.69, 9.17) is 5.11 Å². The van der Waals surface area contributed by atoms with Crippen LogP contribution < -0.4 is 10.6 Å². The average molecular weight is 271 g/mol. The minimum absolute atomic E-state index is 0.146. The zero-order valence-electron chi connectivity index (χ0n) is 12.0. The molecule has 0 aromatic rings. The molecule has 2 atom stereocenters. The molecule has 0 radical (unpaired) electrons. The first-order valence-electron chi connectivity index (χ1n) is 6.83. The van der Waals surface area contributed by atoms with Crippen LogP contribution in [0.3, 0.4) is 0 Å². The van der Waals surface area contributed by atoms with Crippen LogP contribution in [0.5, 0.6) is 0 Å². The van der Waals surface area contributed by atoms with Crippen LogP contribution in [0.4, 0.5) is 4.79 Å². The Balaban J connectivity index is 2.37. The van der Waals surface area contributed by atoms with Crippen molar-refractivity contribution < 1.29 is 14.7 Å². The van der Waals surface area contributed by atoms with Gasteiger partial charge in [-0.05, 0) is 39.8 Å². The van der Waals surface area contributed by atoms with Crippen molar-refractivity contribution in [1.29, 1.82) is 0 Å². The number of hydrogen-bond acceptors (Lipinski definition) is 3. The summed E-state index contributed by atoms with van der Waals surface area (Å²) in [6.07, 6.45) is 2.53. The van der Waals surface area contributed by atoms with Crippen molar-refractivity contribution >= 4 is 12.0 Å². The van der Waals surface area contributed by atoms with E-state index in [2.05, 4.69) is 15.5 Å². The Labute approximate surface area is 114 Å². The molecule has 1 saturated heterocycles. The van der Waals surface area contributed by atoms with E-state index in [0.29, 0.717) is 6.42 Å². The number of urea groups is 1. The highest BCUT2D eigenvalue weighted by molar-refractivity contribution is 5.77. The van der Waals surface area contributed by atoms with Gasteiger partial charge in [0.15, 0.2) is 0 Å². The molecule has 2 unspecified atom stereocenters. The Morgan fingerprint density at radius 1 is 1.47 bits per heavy atom. The Morgan fingerprint density at radius 3 is 2.68 bits per heavy atom. The summed E-state index contributed by atoms with van der Waals surface area (Å²) >= 11 is 0. The van der Waals surface area contributed by atoms with Crippen LogP contribution in [0, 0.1) is 5.41 Å². The van der Waals surface area contributed by atoms with Gasteiger partial charge in [0.05, 0.1) is 5.41 Å². The second-order valence-electron chi connectivity index (χ2n) is 5.65. The van der Waals surface area contributed by atoms with Gasteiger partial charge in [0.25, 0.3) is 0 Å². The zero-order valence-corrected chi connectivity index (χ0v) is 12.0. The normalized spacial score (nSPS) is 23.4. The number of nitrogens with zero attached hydrogens (tertiary/aromatic N) is 1. The molecule has 1 aliphatic heterocycles. The first-order chi connectivity index (χ1) is 8.87. The number of aliphatic carboxylic acids is 1. The van der Waals surface area contributed by atoms with Crippen LogP contribution in [-0.2, 0) is 4.79 Å². The van der Waals surface area contributed by atoms with Gasteiger partial charge in [-0.25, -0.2) is 4.79 Å². The number of carboxylic acids is 1. The quantitative estimate of drug-likeness (QED) is 0.693. The van der Waals surface area contributed by atoms with Gasteiger partial charge in [-0.3, -0.25) is 4.79 Å². The number of likely N-dealkylation sites (tertiary alicyclic amines) is 1. The summed E-state index contributed by atoms with van der Waals surface area (Å²) in [7, 11) is 2.03. The molecule has 1 fully saturated rings. The van der Waals surface area contributed by atoms with Crippen molar-refractivity contribution in [2.75, 3.05) is 26.7 Å². The monoisotopic (exact) mass is 271 g/mol. The molecule has 0 aromatic carbocycles. The van der Waals surface area contributed by atoms with Crippen molar-refractivity contribution in [1.82, 2.24) is 15.5 Å². The van der Waals surface area contributed by atoms with E-state index in [-0.39, 0.29) is 18.6 Å². The number of hydrogen-bond donors (Lipinski definition) is 3. The molecule has 6 heteroatoms. The Hall–Kier alpha value is -1.30. The van der Waals surface area contributed by atoms with Gasteiger partial charge < -0.3 is 20.6 Å². The smallest absolute Gasteiger partial charge is 0.315 e. The number of carboxylic acid groups (broad SMARTS) is 1. The highest BCUT2D eigenvalue weighted by Gasteiger charge is 2.31. The third kappa shape index (κ3) is 4.70. The van der Waals surface area contributed by atoms with E-state index < -0.39 is 11.4 Å². The lowest BCUT2D eigenvalue weighted by atomic mass is 9.88. The standard InChI is InChI=1S/C13H25N3O3/c1-4-13(2,11(17)18)9-14-12(19)15-10-6-5-7-16(3)8-10/h10H,4-9H2,1-3H3,(H,17,18)(H2,14,15,19). The lowest BCUT2D eigenvalue weighted by Gasteiger charge is -2.30. The van der Waals surface area contributed by atoms with Crippen LogP contribution in [0.1, 0.15) is 33.1 Å². The third-order valence-electron chi connectivity index (χ3n) is 3.90. The summed E-state index contributed by atoms with van der Waals surface area (Å²) in [5.41, 5.74) is -0.902. The molecule has 0 bridgehead atoms. The highest BCUT2D eigenvalue weighted by atomic mass is 16.4. The molecule has 0 aliphatic carbocycles. The fourth-order valence-corrected chi connectivity index (χ4v) is 2.15. The molecule has 1 aliphatic rings. The van der Waals surface area contributed by atoms with E-state index in [0.717, 1.165) is 25.9 Å². The molecule has 0 aromatic heterocycles. The van der Waals surface area contributed by atoms with Gasteiger partial charge in [0, 0.05) is 19.1 Å². The second kappa shape index (κ2) is 6.75. The van der Waals surface area contributed by atoms with Crippen molar-refractivity contribution in [3.05, 3.63) is 0 Å². The van der Waals surface area contributed by atoms with Crippen LogP contribution in [0.25, 0.3) is 0 Å². The molecule has 1 heterocycles. The number of carbonyl (C=O) groups excluding carboxylic acids is 1. The highest BCUT2D eigenvalue weighted by Crippen LogP contribution is 2.19. The predicted octanol–water partition coefficient (Wildman–Crippen LogP) is 0.881. The molecule has 1 rings (SSSR count). The SMILES string of the molecule is CCC(C)(CNC(=O)NC1CCCN(C)C1)C(=O)O. The Morgan fingerprint density at radius 2 is 2.16 bits per heavy atom. The molecule has 3 N–H and O–H groups in total. The number of likely N-dealkylation sites (N-methyl/N-ethyl adjacent to an activating group) is 1. The second-order valence-corrected chi connectivity index (χ2v) is 5.65. The van der Waals surface area contributed by atoms with Gasteiger partial charge in [0.2, 0.25) is 0 Å². The molecule has 0 spiro atoms. The zero-order chi connectivity index (χ0) is 14.5. The van der Waals surface area contributed by atoms with Gasteiger partial charge in [-0.1, -0.05) is 6.92 Å². The number of piperidine rings is 1. The predicted molar refractivity (Wildman–Crippen MR) is 73.1 cm³/mol. The molecular formula is C13H25N3O3. The fraction of sp³-hybridized carbons (Fsp3) is 0.846. The molecule has 110 valence electrons. The summed E-state index contributed by atoms with van der Waals surface area (Å²) < 4.78 is 0. The molecule has 19 heavy (non-hydrogen) atoms. The van der Waals surface area contributed by atoms with Gasteiger partial charge in [-0.15, -0.1) is 0 Å². The Bertz CT molecular complexity index is 335. The average Bonchev–Trinajstić information content (AvgIpc) is 2.35. The summed E-state index contributed by atoms with van der Waals surface area (Å²) in [6.45, 7) is 5.51. The summed E-state index contributed by atoms with van der Waals surface area (Å²) in [6, 6.07) is -0.127. The lowest BCUT2D eigenvalue weighted by molar-refractivity contribution is -0.147. The van der Waals surface area contributed by atoms with E-state index in [9.17, 15) is 9.59 Å². The molecule has 6 nitrogen and oxygen atoms in total. The van der Waals surface area contributed by atoms with Gasteiger partial charge >= 0.3 is 12.0 Å². The maximum Gasteiger partial charge on any atom is 0.315 e. The molecule has 0 saturated carbocycles. The minimum Gasteiger partial charge on any atom is -0.481 e. The number of nitrogens with one attached hydrogen (secondary N) is 2. The van der Waals surface area contributed by atoms with E-state index in [1.54, 1.807) is 6.92 Å². The summed E-state index contributed by atoms with van der Waals surface area (Å²) in [4.78, 5) is 25.1. The Kier molecular flexibility index (Phi) is 5.60. The maximum absolute atomic E-state index is 11.8. The summed E-state index contributed by atoms with van der Waals surface area (Å²) in [5, 5.41) is 14.7. The molecule has 2 amide bonds. The van der Waals surface area contributed by atoms with Crippen LogP contribution in [-0.4, -0.2) is 54.7 Å². The molecular weight excluding hydrogens is 246 g/mol. The van der Waals surface area contributed by atoms with Crippen LogP contribution in [0.2, 0.25) is 0 Å². The van der Waals surface area contributed by atoms with Gasteiger partial charge in [0.1, 0.15) is 0 Å². The van der Waals surface area contributed by atoms with Crippen LogP contribution in [0.15, 0.2) is 0 Å². The lowest BCUT2D eigenvalue weighted by Crippen LogP contribution is -2.51. The third-order valence-corrected chi connectivity index (χ3v) is 3.90. The first-order valence-corrected chi connectivity index (χ1v) is 6.83. The van der Waals surface area contributed by atoms with Gasteiger partial charge in [-0.2, -0.15) is 0 Å². The van der Waals surface area contributed by atoms with E-state index in [1.807, 2.05) is 14.0 Å². The topological polar surface area (TPSA) is 81.7 Å². The van der Waals surface area contributed by atoms with Crippen molar-refractivity contribution in [3.63, 3.8) is 0 Å². The summed E-state index contributed by atoms with van der Waals surface area (Å²) in [5.74, 6) is -0.882. The maximum atomic E-state index is 11.8. The van der Waals surface area contributed by atoms with Crippen LogP contribution >= 0.6 is 0 Å². The van der Waals surface area contributed by atoms with E-state index >= 15 is 0 Å². The van der Waals surface area contributed by atoms with Crippen molar-refractivity contribution in [2.45, 2.75) is 39.2 Å². The number of rotatable bonds is 5.